The van der Waals surface area contributed by atoms with Gasteiger partial charge in [0.2, 0.25) is 0 Å². The van der Waals surface area contributed by atoms with Crippen LogP contribution in [0.2, 0.25) is 10.0 Å². The fourth-order valence-electron chi connectivity index (χ4n) is 2.17. The lowest BCUT2D eigenvalue weighted by atomic mass is 10.1. The molecule has 1 unspecified atom stereocenters. The van der Waals surface area contributed by atoms with Gasteiger partial charge in [-0.25, -0.2) is 4.79 Å². The van der Waals surface area contributed by atoms with Crippen LogP contribution in [-0.2, 0) is 9.53 Å². The Balaban J connectivity index is 1.91. The predicted octanol–water partition coefficient (Wildman–Crippen LogP) is 4.04. The summed E-state index contributed by atoms with van der Waals surface area (Å²) < 4.78 is 10.1. The highest BCUT2D eigenvalue weighted by atomic mass is 35.5. The summed E-state index contributed by atoms with van der Waals surface area (Å²) >= 11 is 11.8. The maximum absolute atomic E-state index is 12.1. The zero-order valence-electron chi connectivity index (χ0n) is 13.7. The predicted molar refractivity (Wildman–Crippen MR) is 96.3 cm³/mol. The van der Waals surface area contributed by atoms with Crippen molar-refractivity contribution in [1.82, 2.24) is 5.32 Å². The molecule has 0 aliphatic rings. The standard InChI is InChI=1S/C18H17Cl2NO4/c1-11(12-7-8-14(19)15(20)9-12)21-17(22)10-25-18(23)13-5-3-4-6-16(13)24-2/h3-9,11H,10H2,1-2H3,(H,21,22). The number of carbonyl (C=O) groups excluding carboxylic acids is 2. The third-order valence-electron chi connectivity index (χ3n) is 3.48. The van der Waals surface area contributed by atoms with E-state index in [9.17, 15) is 9.59 Å². The van der Waals surface area contributed by atoms with Crippen LogP contribution >= 0.6 is 23.2 Å². The Kier molecular flexibility index (Phi) is 6.67. The van der Waals surface area contributed by atoms with Gasteiger partial charge >= 0.3 is 5.97 Å². The molecule has 0 aromatic heterocycles. The fourth-order valence-corrected chi connectivity index (χ4v) is 2.48. The zero-order chi connectivity index (χ0) is 18.4. The smallest absolute Gasteiger partial charge is 0.342 e. The zero-order valence-corrected chi connectivity index (χ0v) is 15.2. The average molecular weight is 382 g/mol. The van der Waals surface area contributed by atoms with E-state index in [0.29, 0.717) is 15.8 Å². The largest absolute Gasteiger partial charge is 0.496 e. The molecule has 2 rings (SSSR count). The van der Waals surface area contributed by atoms with E-state index in [1.165, 1.54) is 7.11 Å². The molecule has 0 bridgehead atoms. The molecule has 0 fully saturated rings. The van der Waals surface area contributed by atoms with Crippen LogP contribution in [0.1, 0.15) is 28.9 Å². The van der Waals surface area contributed by atoms with Crippen LogP contribution in [0.5, 0.6) is 5.75 Å². The van der Waals surface area contributed by atoms with Crippen molar-refractivity contribution in [2.45, 2.75) is 13.0 Å². The first-order valence-corrected chi connectivity index (χ1v) is 8.22. The van der Waals surface area contributed by atoms with Crippen LogP contribution in [0.3, 0.4) is 0 Å². The molecule has 5 nitrogen and oxygen atoms in total. The molecule has 0 heterocycles. The van der Waals surface area contributed by atoms with Crippen molar-refractivity contribution in [2.75, 3.05) is 13.7 Å². The van der Waals surface area contributed by atoms with Gasteiger partial charge in [0.25, 0.3) is 5.91 Å². The molecule has 25 heavy (non-hydrogen) atoms. The Morgan fingerprint density at radius 3 is 2.52 bits per heavy atom. The van der Waals surface area contributed by atoms with Crippen molar-refractivity contribution < 1.29 is 19.1 Å². The average Bonchev–Trinajstić information content (AvgIpc) is 2.61. The first-order chi connectivity index (χ1) is 11.9. The second-order valence-electron chi connectivity index (χ2n) is 5.24. The van der Waals surface area contributed by atoms with Gasteiger partial charge in [-0.2, -0.15) is 0 Å². The van der Waals surface area contributed by atoms with Crippen molar-refractivity contribution >= 4 is 35.1 Å². The monoisotopic (exact) mass is 381 g/mol. The molecule has 1 atom stereocenters. The second kappa shape index (κ2) is 8.74. The number of benzene rings is 2. The minimum atomic E-state index is -0.630. The third-order valence-corrected chi connectivity index (χ3v) is 4.22. The molecular weight excluding hydrogens is 365 g/mol. The minimum absolute atomic E-state index is 0.260. The molecule has 0 radical (unpaired) electrons. The molecule has 0 aliphatic carbocycles. The van der Waals surface area contributed by atoms with Crippen LogP contribution in [0.15, 0.2) is 42.5 Å². The highest BCUT2D eigenvalue weighted by Crippen LogP contribution is 2.25. The number of para-hydroxylation sites is 1. The molecule has 0 saturated carbocycles. The number of nitrogens with one attached hydrogen (secondary N) is 1. The van der Waals surface area contributed by atoms with E-state index in [0.717, 1.165) is 5.56 Å². The van der Waals surface area contributed by atoms with Crippen molar-refractivity contribution in [3.05, 3.63) is 63.6 Å². The first kappa shape index (κ1) is 19.1. The lowest BCUT2D eigenvalue weighted by Gasteiger charge is -2.15. The summed E-state index contributed by atoms with van der Waals surface area (Å²) in [5, 5.41) is 3.57. The Labute approximate surface area is 155 Å². The summed E-state index contributed by atoms with van der Waals surface area (Å²) in [4.78, 5) is 24.0. The van der Waals surface area contributed by atoms with Crippen molar-refractivity contribution in [2.24, 2.45) is 0 Å². The van der Waals surface area contributed by atoms with Crippen LogP contribution in [-0.4, -0.2) is 25.6 Å². The van der Waals surface area contributed by atoms with Gasteiger partial charge in [0.1, 0.15) is 11.3 Å². The van der Waals surface area contributed by atoms with Crippen LogP contribution in [0, 0.1) is 0 Å². The summed E-state index contributed by atoms with van der Waals surface area (Å²) in [7, 11) is 1.46. The normalized spacial score (nSPS) is 11.5. The Hall–Kier alpha value is -2.24. The highest BCUT2D eigenvalue weighted by Gasteiger charge is 2.16. The fraction of sp³-hybridized carbons (Fsp3) is 0.222. The SMILES string of the molecule is COc1ccccc1C(=O)OCC(=O)NC(C)c1ccc(Cl)c(Cl)c1. The van der Waals surface area contributed by atoms with Gasteiger partial charge in [0, 0.05) is 0 Å². The first-order valence-electron chi connectivity index (χ1n) is 7.47. The molecule has 2 aromatic rings. The Morgan fingerprint density at radius 1 is 1.12 bits per heavy atom. The minimum Gasteiger partial charge on any atom is -0.496 e. The molecule has 1 N–H and O–H groups in total. The number of rotatable bonds is 6. The molecule has 0 saturated heterocycles. The Morgan fingerprint density at radius 2 is 1.84 bits per heavy atom. The number of ether oxygens (including phenoxy) is 2. The molecule has 0 aliphatic heterocycles. The number of hydrogen-bond donors (Lipinski definition) is 1. The van der Waals surface area contributed by atoms with Gasteiger partial charge in [0.15, 0.2) is 6.61 Å². The lowest BCUT2D eigenvalue weighted by Crippen LogP contribution is -2.31. The van der Waals surface area contributed by atoms with E-state index in [1.54, 1.807) is 49.4 Å². The molecule has 7 heteroatoms. The van der Waals surface area contributed by atoms with Gasteiger partial charge in [-0.15, -0.1) is 0 Å². The maximum atomic E-state index is 12.1. The van der Waals surface area contributed by atoms with Gasteiger partial charge in [-0.05, 0) is 36.8 Å². The van der Waals surface area contributed by atoms with Gasteiger partial charge < -0.3 is 14.8 Å². The summed E-state index contributed by atoms with van der Waals surface area (Å²) in [5.41, 5.74) is 1.05. The molecule has 132 valence electrons. The molecule has 2 aromatic carbocycles. The van der Waals surface area contributed by atoms with Crippen LogP contribution < -0.4 is 10.1 Å². The van der Waals surface area contributed by atoms with Gasteiger partial charge in [-0.3, -0.25) is 4.79 Å². The van der Waals surface area contributed by atoms with E-state index in [4.69, 9.17) is 32.7 Å². The van der Waals surface area contributed by atoms with E-state index in [2.05, 4.69) is 5.32 Å². The quantitative estimate of drug-likeness (QED) is 0.766. The topological polar surface area (TPSA) is 64.6 Å². The van der Waals surface area contributed by atoms with E-state index in [-0.39, 0.29) is 11.6 Å². The lowest BCUT2D eigenvalue weighted by molar-refractivity contribution is -0.124. The summed E-state index contributed by atoms with van der Waals surface area (Å²) in [6.07, 6.45) is 0. The van der Waals surface area contributed by atoms with Crippen LogP contribution in [0.25, 0.3) is 0 Å². The summed E-state index contributed by atoms with van der Waals surface area (Å²) in [5.74, 6) is -0.673. The maximum Gasteiger partial charge on any atom is 0.342 e. The number of amides is 1. The number of methoxy groups -OCH3 is 1. The number of esters is 1. The molecule has 1 amide bonds. The number of carbonyl (C=O) groups is 2. The van der Waals surface area contributed by atoms with E-state index >= 15 is 0 Å². The Bertz CT molecular complexity index is 779. The molecular formula is C18H17Cl2NO4. The van der Waals surface area contributed by atoms with Crippen molar-refractivity contribution in [3.63, 3.8) is 0 Å². The summed E-state index contributed by atoms with van der Waals surface area (Å²) in [6, 6.07) is 11.4. The van der Waals surface area contributed by atoms with Crippen molar-refractivity contribution in [1.29, 1.82) is 0 Å². The third kappa shape index (κ3) is 5.11. The van der Waals surface area contributed by atoms with Gasteiger partial charge in [0.05, 0.1) is 23.2 Å². The van der Waals surface area contributed by atoms with Gasteiger partial charge in [-0.1, -0.05) is 41.4 Å². The highest BCUT2D eigenvalue weighted by molar-refractivity contribution is 6.42. The van der Waals surface area contributed by atoms with E-state index in [1.807, 2.05) is 0 Å². The molecule has 0 spiro atoms. The number of halogens is 2. The second-order valence-corrected chi connectivity index (χ2v) is 6.05. The number of hydrogen-bond acceptors (Lipinski definition) is 4. The van der Waals surface area contributed by atoms with E-state index < -0.39 is 18.5 Å². The summed E-state index contributed by atoms with van der Waals surface area (Å²) in [6.45, 7) is 1.39. The van der Waals surface area contributed by atoms with Crippen LogP contribution in [0.4, 0.5) is 0 Å². The van der Waals surface area contributed by atoms with Crippen molar-refractivity contribution in [3.8, 4) is 5.75 Å².